The Kier molecular flexibility index (Phi) is 25.6. The molecule has 0 amide bonds. The van der Waals surface area contributed by atoms with Crippen molar-refractivity contribution < 1.29 is 54.7 Å². The third-order valence-electron chi connectivity index (χ3n) is 1.15. The molecule has 169 valence electrons. The fourth-order valence-corrected chi connectivity index (χ4v) is 0.340. The van der Waals surface area contributed by atoms with Gasteiger partial charge in [0.1, 0.15) is 0 Å². The maximum atomic E-state index is 11.3. The van der Waals surface area contributed by atoms with Crippen LogP contribution in [0.25, 0.3) is 0 Å². The molecule has 0 aromatic carbocycles. The van der Waals surface area contributed by atoms with E-state index in [0.717, 1.165) is 6.42 Å². The van der Waals surface area contributed by atoms with Gasteiger partial charge in [-0.05, 0) is 62.3 Å². The molecule has 0 bridgehead atoms. The van der Waals surface area contributed by atoms with Gasteiger partial charge in [0.25, 0.3) is 0 Å². The SMILES string of the molecule is CC(C)(C)O.CC(C)(C)O.CC(C)(C)O.[C-]1=CC=CC1.[CH3][Ge]([CH3])[C](F)(F)F.[Zr]. The smallest absolute Gasteiger partial charge is 0 e. The Hall–Kier alpha value is 0.576. The molecular formula is C20H41F3GeO3Zr-. The predicted molar refractivity (Wildman–Crippen MR) is 111 cm³/mol. The molecule has 0 fully saturated rings. The number of aliphatic hydroxyl groups is 3. The summed E-state index contributed by atoms with van der Waals surface area (Å²) < 4.78 is 33.8. The van der Waals surface area contributed by atoms with Gasteiger partial charge in [0.15, 0.2) is 0 Å². The first kappa shape index (κ1) is 39.1. The average Bonchev–Trinajstić information content (AvgIpc) is 2.77. The van der Waals surface area contributed by atoms with Crippen molar-refractivity contribution in [1.29, 1.82) is 0 Å². The fourth-order valence-electron chi connectivity index (χ4n) is 0.340. The monoisotopic (exact) mass is 550 g/mol. The van der Waals surface area contributed by atoms with Crippen molar-refractivity contribution >= 4 is 14.3 Å². The van der Waals surface area contributed by atoms with E-state index < -0.39 is 36.2 Å². The van der Waals surface area contributed by atoms with Gasteiger partial charge in [0.2, 0.25) is 0 Å². The molecule has 28 heavy (non-hydrogen) atoms. The van der Waals surface area contributed by atoms with Crippen molar-refractivity contribution in [2.45, 2.75) is 102 Å². The Balaban J connectivity index is -0.0000000786. The molecule has 0 aromatic heterocycles. The van der Waals surface area contributed by atoms with Gasteiger partial charge < -0.3 is 15.3 Å². The maximum absolute atomic E-state index is 11.3. The van der Waals surface area contributed by atoms with Gasteiger partial charge in [-0.2, -0.15) is 6.08 Å². The van der Waals surface area contributed by atoms with Crippen molar-refractivity contribution in [2.75, 3.05) is 0 Å². The number of hydrogen-bond acceptors (Lipinski definition) is 3. The third-order valence-corrected chi connectivity index (χ3v) is 3.53. The van der Waals surface area contributed by atoms with Crippen LogP contribution in [-0.4, -0.2) is 51.5 Å². The molecule has 0 heterocycles. The van der Waals surface area contributed by atoms with Crippen molar-refractivity contribution in [2.24, 2.45) is 0 Å². The quantitative estimate of drug-likeness (QED) is 0.277. The van der Waals surface area contributed by atoms with Gasteiger partial charge >= 0.3 is 44.0 Å². The number of alkyl halides is 3. The minimum absolute atomic E-state index is 0. The van der Waals surface area contributed by atoms with E-state index in [1.54, 1.807) is 62.3 Å². The summed E-state index contributed by atoms with van der Waals surface area (Å²) in [5.74, 6) is 2.58. The van der Waals surface area contributed by atoms with Crippen LogP contribution in [0.5, 0.6) is 0 Å². The summed E-state index contributed by atoms with van der Waals surface area (Å²) in [6.07, 6.45) is 10.0. The van der Waals surface area contributed by atoms with E-state index in [9.17, 15) is 13.2 Å². The first-order chi connectivity index (χ1) is 11.4. The molecule has 1 radical (unpaired) electrons. The first-order valence-electron chi connectivity index (χ1n) is 8.70. The van der Waals surface area contributed by atoms with Crippen LogP contribution in [0.2, 0.25) is 11.5 Å². The molecular weight excluding hydrogens is 509 g/mol. The van der Waals surface area contributed by atoms with Crippen LogP contribution in [0.4, 0.5) is 13.2 Å². The summed E-state index contributed by atoms with van der Waals surface area (Å²) in [7, 11) is 0. The number of allylic oxidation sites excluding steroid dienone is 4. The number of hydrogen-bond donors (Lipinski definition) is 3. The van der Waals surface area contributed by atoms with E-state index in [-0.39, 0.29) is 26.2 Å². The van der Waals surface area contributed by atoms with Crippen LogP contribution in [0.1, 0.15) is 68.7 Å². The molecule has 1 rings (SSSR count). The molecule has 0 aromatic rings. The van der Waals surface area contributed by atoms with E-state index in [1.165, 1.54) is 11.5 Å². The van der Waals surface area contributed by atoms with E-state index in [2.05, 4.69) is 12.2 Å². The van der Waals surface area contributed by atoms with Crippen molar-refractivity contribution in [1.82, 2.24) is 0 Å². The van der Waals surface area contributed by atoms with Gasteiger partial charge in [0.05, 0.1) is 16.8 Å². The Morgan fingerprint density at radius 2 is 0.964 bits per heavy atom. The van der Waals surface area contributed by atoms with Crippen LogP contribution >= 0.6 is 0 Å². The largest absolute Gasteiger partial charge is 0 e. The molecule has 3 N–H and O–H groups in total. The zero-order valence-electron chi connectivity index (χ0n) is 19.4. The molecule has 0 unspecified atom stereocenters. The fraction of sp³-hybridized carbons (Fsp3) is 0.800. The summed E-state index contributed by atoms with van der Waals surface area (Å²) in [4.78, 5) is 0. The summed E-state index contributed by atoms with van der Waals surface area (Å²) in [6.45, 7) is 15.7. The van der Waals surface area contributed by atoms with Crippen molar-refractivity contribution in [3.8, 4) is 0 Å². The maximum Gasteiger partial charge on any atom is 0 e. The second kappa shape index (κ2) is 18.4. The zero-order chi connectivity index (χ0) is 23.1. The normalized spacial score (nSPS) is 12.8. The Labute approximate surface area is 194 Å². The minimum Gasteiger partial charge on any atom is 0 e. The number of halogens is 3. The molecule has 1 aliphatic carbocycles. The summed E-state index contributed by atoms with van der Waals surface area (Å²) >= 11 is -2.59. The molecule has 0 spiro atoms. The van der Waals surface area contributed by atoms with Gasteiger partial charge in [-0.25, -0.2) is 12.2 Å². The predicted octanol–water partition coefficient (Wildman–Crippen LogP) is 5.48. The van der Waals surface area contributed by atoms with Crippen LogP contribution in [0.15, 0.2) is 18.2 Å². The molecule has 0 atom stereocenters. The standard InChI is InChI=1S/C5H5.3C4H10O.C3H6F3Ge.Zr/c1-2-4-5-3-1;3*1-4(2,3)5;1-7(2)3(4,5)6;/h1-3H,4H2;3*5H,1-3H3;1-2H3;/q-1;;;;;. The van der Waals surface area contributed by atoms with Gasteiger partial charge in [-0.15, -0.1) is 6.42 Å². The van der Waals surface area contributed by atoms with Crippen LogP contribution < -0.4 is 0 Å². The molecule has 0 saturated carbocycles. The van der Waals surface area contributed by atoms with Gasteiger partial charge in [0, 0.05) is 26.2 Å². The molecule has 3 nitrogen and oxygen atoms in total. The van der Waals surface area contributed by atoms with Crippen LogP contribution in [-0.2, 0) is 26.2 Å². The zero-order valence-corrected chi connectivity index (χ0v) is 24.0. The van der Waals surface area contributed by atoms with Crippen LogP contribution in [0, 0.1) is 6.08 Å². The average molecular weight is 550 g/mol. The molecule has 0 saturated heterocycles. The first-order valence-corrected chi connectivity index (χ1v) is 14.0. The van der Waals surface area contributed by atoms with E-state index in [0.29, 0.717) is 0 Å². The summed E-state index contributed by atoms with van der Waals surface area (Å²) in [5, 5.41) is 21.7. The van der Waals surface area contributed by atoms with Gasteiger partial charge in [-0.3, -0.25) is 6.08 Å². The second-order valence-corrected chi connectivity index (χ2v) is 14.4. The minimum atomic E-state index is -3.83. The van der Waals surface area contributed by atoms with E-state index >= 15 is 0 Å². The van der Waals surface area contributed by atoms with Crippen molar-refractivity contribution in [3.63, 3.8) is 0 Å². The summed E-state index contributed by atoms with van der Waals surface area (Å²) in [6, 6.07) is 0. The van der Waals surface area contributed by atoms with E-state index in [4.69, 9.17) is 15.3 Å². The Morgan fingerprint density at radius 1 is 0.750 bits per heavy atom. The van der Waals surface area contributed by atoms with E-state index in [1.807, 2.05) is 12.2 Å². The van der Waals surface area contributed by atoms with Crippen LogP contribution in [0.3, 0.4) is 0 Å². The molecule has 8 heteroatoms. The Morgan fingerprint density at radius 3 is 1.00 bits per heavy atom. The summed E-state index contributed by atoms with van der Waals surface area (Å²) in [5.41, 5.74) is -1.50. The molecule has 1 aliphatic rings. The topological polar surface area (TPSA) is 60.7 Å². The Bertz CT molecular complexity index is 333. The second-order valence-electron chi connectivity index (χ2n) is 9.01. The third kappa shape index (κ3) is 130. The van der Waals surface area contributed by atoms with Crippen molar-refractivity contribution in [3.05, 3.63) is 24.3 Å². The molecule has 0 aliphatic heterocycles. The van der Waals surface area contributed by atoms with Gasteiger partial charge in [-0.1, -0.05) is 0 Å². The number of rotatable bonds is 0.